The molecule has 0 unspecified atom stereocenters. The van der Waals surface area contributed by atoms with Crippen LogP contribution in [0.25, 0.3) is 112 Å². The fraction of sp³-hybridized carbons (Fsp3) is 0. The number of fused-ring (bicyclic) bond motifs is 3. The van der Waals surface area contributed by atoms with E-state index in [0.29, 0.717) is 17.5 Å². The first-order chi connectivity index (χ1) is 30.2. The number of nitrogens with zero attached hydrogens (tertiary/aromatic N) is 4. The van der Waals surface area contributed by atoms with E-state index in [4.69, 9.17) is 24.4 Å². The lowest BCUT2D eigenvalue weighted by Gasteiger charge is -2.11. The fourth-order valence-electron chi connectivity index (χ4n) is 8.13. The van der Waals surface area contributed by atoms with Gasteiger partial charge in [0.05, 0.1) is 5.52 Å². The van der Waals surface area contributed by atoms with Gasteiger partial charge < -0.3 is 4.42 Å². The Kier molecular flexibility index (Phi) is 9.10. The maximum atomic E-state index is 7.09. The predicted octanol–water partition coefficient (Wildman–Crippen LogP) is 14.5. The van der Waals surface area contributed by atoms with E-state index in [-0.39, 0.29) is 0 Å². The summed E-state index contributed by atoms with van der Waals surface area (Å²) < 4.78 is 7.09. The minimum atomic E-state index is 0.565. The Hall–Kier alpha value is -8.28. The molecule has 5 heteroatoms. The van der Waals surface area contributed by atoms with Gasteiger partial charge in [-0.25, -0.2) is 19.9 Å². The molecule has 0 atom stereocenters. The summed E-state index contributed by atoms with van der Waals surface area (Å²) in [6, 6.07) is 75.0. The highest BCUT2D eigenvalue weighted by molar-refractivity contribution is 6.18. The molecule has 11 rings (SSSR count). The van der Waals surface area contributed by atoms with Crippen molar-refractivity contribution in [3.05, 3.63) is 218 Å². The maximum absolute atomic E-state index is 7.09. The van der Waals surface area contributed by atoms with Crippen LogP contribution in [0.3, 0.4) is 0 Å². The van der Waals surface area contributed by atoms with Gasteiger partial charge >= 0.3 is 0 Å². The number of aromatic nitrogens is 4. The van der Waals surface area contributed by atoms with Crippen molar-refractivity contribution < 1.29 is 4.42 Å². The molecule has 0 radical (unpaired) electrons. The third-order valence-corrected chi connectivity index (χ3v) is 11.2. The second-order valence-corrected chi connectivity index (χ2v) is 15.0. The first-order valence-electron chi connectivity index (χ1n) is 20.4. The van der Waals surface area contributed by atoms with E-state index in [1.807, 2.05) is 48.5 Å². The SMILES string of the molecule is c1ccc(-c2ccc(-c3nc(-c4ccc(-c5ccccc5)cc4)nc(-c4cccc(-c5oc6c(-c7ccccc7)nc7ccccc7c6c5-c5ccccc5)c4)n3)cc2)cc1. The molecule has 0 aliphatic heterocycles. The normalized spacial score (nSPS) is 11.3. The molecule has 0 N–H and O–H groups in total. The van der Waals surface area contributed by atoms with Crippen LogP contribution in [0.4, 0.5) is 0 Å². The molecule has 5 nitrogen and oxygen atoms in total. The van der Waals surface area contributed by atoms with Crippen molar-refractivity contribution in [2.75, 3.05) is 0 Å². The largest absolute Gasteiger partial charge is 0.453 e. The Morgan fingerprint density at radius 1 is 0.295 bits per heavy atom. The van der Waals surface area contributed by atoms with E-state index in [0.717, 1.165) is 94.5 Å². The summed E-state index contributed by atoms with van der Waals surface area (Å²) in [6.07, 6.45) is 0. The van der Waals surface area contributed by atoms with Gasteiger partial charge in [-0.2, -0.15) is 0 Å². The van der Waals surface area contributed by atoms with Crippen LogP contribution in [0.1, 0.15) is 0 Å². The highest BCUT2D eigenvalue weighted by Gasteiger charge is 2.24. The van der Waals surface area contributed by atoms with Gasteiger partial charge in [-0.05, 0) is 39.9 Å². The van der Waals surface area contributed by atoms with Crippen LogP contribution in [0, 0.1) is 0 Å². The number of benzene rings is 8. The monoisotopic (exact) mass is 780 g/mol. The zero-order chi connectivity index (χ0) is 40.5. The molecule has 0 spiro atoms. The van der Waals surface area contributed by atoms with Crippen LogP contribution >= 0.6 is 0 Å². The molecule has 3 heterocycles. The highest BCUT2D eigenvalue weighted by Crippen LogP contribution is 2.47. The van der Waals surface area contributed by atoms with E-state index in [1.54, 1.807) is 0 Å². The molecule has 8 aromatic carbocycles. The maximum Gasteiger partial charge on any atom is 0.164 e. The molecule has 0 saturated carbocycles. The summed E-state index contributed by atoms with van der Waals surface area (Å²) in [7, 11) is 0. The molecular weight excluding hydrogens is 745 g/mol. The van der Waals surface area contributed by atoms with Crippen LogP contribution in [0.2, 0.25) is 0 Å². The van der Waals surface area contributed by atoms with Gasteiger partial charge in [0.25, 0.3) is 0 Å². The third kappa shape index (κ3) is 6.84. The van der Waals surface area contributed by atoms with E-state index >= 15 is 0 Å². The van der Waals surface area contributed by atoms with Crippen LogP contribution in [-0.2, 0) is 0 Å². The summed E-state index contributed by atoms with van der Waals surface area (Å²) in [4.78, 5) is 20.6. The summed E-state index contributed by atoms with van der Waals surface area (Å²) >= 11 is 0. The predicted molar refractivity (Wildman–Crippen MR) is 248 cm³/mol. The summed E-state index contributed by atoms with van der Waals surface area (Å²) in [5.41, 5.74) is 13.6. The summed E-state index contributed by atoms with van der Waals surface area (Å²) in [6.45, 7) is 0. The molecule has 11 aromatic rings. The minimum absolute atomic E-state index is 0.565. The molecular formula is C56H36N4O. The van der Waals surface area contributed by atoms with Gasteiger partial charge in [0, 0.05) is 44.2 Å². The molecule has 286 valence electrons. The van der Waals surface area contributed by atoms with Crippen LogP contribution in [0.5, 0.6) is 0 Å². The second kappa shape index (κ2) is 15.5. The Balaban J connectivity index is 1.09. The van der Waals surface area contributed by atoms with Gasteiger partial charge in [0.1, 0.15) is 11.5 Å². The molecule has 0 amide bonds. The summed E-state index contributed by atoms with van der Waals surface area (Å²) in [5, 5.41) is 2.06. The Morgan fingerprint density at radius 3 is 1.26 bits per heavy atom. The Bertz CT molecular complexity index is 3210. The number of hydrogen-bond acceptors (Lipinski definition) is 5. The molecule has 0 saturated heterocycles. The molecule has 0 aliphatic carbocycles. The molecule has 0 aliphatic rings. The smallest absolute Gasteiger partial charge is 0.164 e. The van der Waals surface area contributed by atoms with Crippen molar-refractivity contribution >= 4 is 21.9 Å². The van der Waals surface area contributed by atoms with Crippen LogP contribution in [0.15, 0.2) is 223 Å². The van der Waals surface area contributed by atoms with Crippen molar-refractivity contribution in [1.29, 1.82) is 0 Å². The number of pyridine rings is 1. The molecule has 0 bridgehead atoms. The first kappa shape index (κ1) is 35.8. The lowest BCUT2D eigenvalue weighted by atomic mass is 9.95. The number of para-hydroxylation sites is 1. The van der Waals surface area contributed by atoms with Crippen molar-refractivity contribution in [2.24, 2.45) is 0 Å². The standard InChI is InChI=1S/C56H36N4O/c1-5-16-37(17-6-1)39-28-32-43(33-29-39)54-58-55(44-34-30-40(31-35-44)38-18-7-2-8-19-38)60-56(59-54)46-25-15-24-45(36-46)52-49(41-20-9-3-10-21-41)50-47-26-13-14-27-48(47)57-51(53(50)61-52)42-22-11-4-12-23-42/h1-36H. The van der Waals surface area contributed by atoms with E-state index in [9.17, 15) is 0 Å². The van der Waals surface area contributed by atoms with Crippen molar-refractivity contribution in [2.45, 2.75) is 0 Å². The van der Waals surface area contributed by atoms with Gasteiger partial charge in [-0.15, -0.1) is 0 Å². The fourth-order valence-corrected chi connectivity index (χ4v) is 8.13. The van der Waals surface area contributed by atoms with Crippen LogP contribution in [-0.4, -0.2) is 19.9 Å². The zero-order valence-electron chi connectivity index (χ0n) is 33.0. The van der Waals surface area contributed by atoms with Gasteiger partial charge in [0.15, 0.2) is 23.1 Å². The first-order valence-corrected chi connectivity index (χ1v) is 20.4. The van der Waals surface area contributed by atoms with Crippen molar-refractivity contribution in [1.82, 2.24) is 19.9 Å². The van der Waals surface area contributed by atoms with Crippen molar-refractivity contribution in [3.63, 3.8) is 0 Å². The second-order valence-electron chi connectivity index (χ2n) is 15.0. The topological polar surface area (TPSA) is 64.7 Å². The number of rotatable bonds is 8. The lowest BCUT2D eigenvalue weighted by Crippen LogP contribution is -2.00. The number of furan rings is 1. The molecule has 3 aromatic heterocycles. The minimum Gasteiger partial charge on any atom is -0.453 e. The Labute approximate surface area is 353 Å². The average Bonchev–Trinajstić information content (AvgIpc) is 3.76. The zero-order valence-corrected chi connectivity index (χ0v) is 33.0. The average molecular weight is 781 g/mol. The highest BCUT2D eigenvalue weighted by atomic mass is 16.3. The number of hydrogen-bond donors (Lipinski definition) is 0. The molecule has 61 heavy (non-hydrogen) atoms. The quantitative estimate of drug-likeness (QED) is 0.154. The van der Waals surface area contributed by atoms with Crippen LogP contribution < -0.4 is 0 Å². The molecule has 0 fully saturated rings. The van der Waals surface area contributed by atoms with Gasteiger partial charge in [0.2, 0.25) is 0 Å². The Morgan fingerprint density at radius 2 is 0.705 bits per heavy atom. The van der Waals surface area contributed by atoms with E-state index in [1.165, 1.54) is 0 Å². The van der Waals surface area contributed by atoms with Gasteiger partial charge in [-0.3, -0.25) is 0 Å². The van der Waals surface area contributed by atoms with E-state index in [2.05, 4.69) is 170 Å². The summed E-state index contributed by atoms with van der Waals surface area (Å²) in [5.74, 6) is 2.50. The third-order valence-electron chi connectivity index (χ3n) is 11.2. The van der Waals surface area contributed by atoms with Crippen molar-refractivity contribution in [3.8, 4) is 90.1 Å². The van der Waals surface area contributed by atoms with Gasteiger partial charge in [-0.1, -0.05) is 206 Å². The van der Waals surface area contributed by atoms with E-state index < -0.39 is 0 Å². The lowest BCUT2D eigenvalue weighted by molar-refractivity contribution is 0.632.